The zero-order valence-corrected chi connectivity index (χ0v) is 12.4. The largest absolute Gasteiger partial charge is 0.355 e. The normalized spacial score (nSPS) is 16.9. The van der Waals surface area contributed by atoms with Crippen LogP contribution in [0, 0.1) is 11.3 Å². The van der Waals surface area contributed by atoms with Gasteiger partial charge in [0.2, 0.25) is 5.91 Å². The molecule has 0 bridgehead atoms. The monoisotopic (exact) mass is 286 g/mol. The molecule has 3 nitrogen and oxygen atoms in total. The fourth-order valence-corrected chi connectivity index (χ4v) is 3.11. The lowest BCUT2D eigenvalue weighted by Gasteiger charge is -2.19. The molecular formula is C13H19ClN2OS. The molecule has 1 saturated carbocycles. The Morgan fingerprint density at radius 1 is 1.61 bits per heavy atom. The zero-order chi connectivity index (χ0) is 13.2. The molecule has 2 rings (SSSR count). The van der Waals surface area contributed by atoms with Gasteiger partial charge in [0, 0.05) is 11.9 Å². The predicted octanol–water partition coefficient (Wildman–Crippen LogP) is 2.98. The van der Waals surface area contributed by atoms with E-state index in [1.54, 1.807) is 0 Å². The first kappa shape index (κ1) is 13.8. The molecule has 1 heterocycles. The maximum absolute atomic E-state index is 11.8. The fourth-order valence-electron chi connectivity index (χ4n) is 2.08. The number of hydrogen-bond acceptors (Lipinski definition) is 3. The summed E-state index contributed by atoms with van der Waals surface area (Å²) in [4.78, 5) is 16.1. The Morgan fingerprint density at radius 2 is 2.33 bits per heavy atom. The molecule has 1 aliphatic rings. The van der Waals surface area contributed by atoms with E-state index in [4.69, 9.17) is 11.6 Å². The molecule has 1 aromatic rings. The van der Waals surface area contributed by atoms with Crippen LogP contribution >= 0.6 is 22.9 Å². The maximum Gasteiger partial charge on any atom is 0.226 e. The molecule has 1 aromatic heterocycles. The van der Waals surface area contributed by atoms with Gasteiger partial charge in [0.1, 0.15) is 5.01 Å². The van der Waals surface area contributed by atoms with Gasteiger partial charge in [0.25, 0.3) is 0 Å². The van der Waals surface area contributed by atoms with Crippen molar-refractivity contribution >= 4 is 28.8 Å². The molecule has 1 fully saturated rings. The third-order valence-electron chi connectivity index (χ3n) is 3.80. The number of aromatic nitrogens is 1. The van der Waals surface area contributed by atoms with Crippen LogP contribution in [0.15, 0.2) is 5.38 Å². The van der Waals surface area contributed by atoms with E-state index in [0.717, 1.165) is 17.2 Å². The number of amides is 1. The van der Waals surface area contributed by atoms with Crippen molar-refractivity contribution in [3.8, 4) is 0 Å². The Hall–Kier alpha value is -0.610. The van der Waals surface area contributed by atoms with Crippen molar-refractivity contribution in [2.24, 2.45) is 11.3 Å². The SMILES string of the molecule is CC(C)C1(CNC(=O)Cc2nc(CCl)cs2)CC1. The minimum atomic E-state index is 0.0670. The number of hydrogen-bond donors (Lipinski definition) is 1. The Kier molecular flexibility index (Phi) is 4.28. The van der Waals surface area contributed by atoms with E-state index in [1.165, 1.54) is 24.2 Å². The smallest absolute Gasteiger partial charge is 0.226 e. The summed E-state index contributed by atoms with van der Waals surface area (Å²) in [7, 11) is 0. The molecule has 1 N–H and O–H groups in total. The maximum atomic E-state index is 11.8. The third-order valence-corrected chi connectivity index (χ3v) is 4.97. The van der Waals surface area contributed by atoms with Crippen LogP contribution in [0.4, 0.5) is 0 Å². The van der Waals surface area contributed by atoms with Gasteiger partial charge in [-0.1, -0.05) is 13.8 Å². The van der Waals surface area contributed by atoms with Gasteiger partial charge in [0.05, 0.1) is 18.0 Å². The van der Waals surface area contributed by atoms with E-state index >= 15 is 0 Å². The van der Waals surface area contributed by atoms with Crippen molar-refractivity contribution in [2.75, 3.05) is 6.54 Å². The van der Waals surface area contributed by atoms with Crippen LogP contribution < -0.4 is 5.32 Å². The highest BCUT2D eigenvalue weighted by molar-refractivity contribution is 7.09. The minimum absolute atomic E-state index is 0.0670. The molecule has 1 amide bonds. The summed E-state index contributed by atoms with van der Waals surface area (Å²) in [6.07, 6.45) is 2.84. The van der Waals surface area contributed by atoms with E-state index in [2.05, 4.69) is 24.1 Å². The molecule has 0 unspecified atom stereocenters. The third kappa shape index (κ3) is 3.23. The average molecular weight is 287 g/mol. The number of halogens is 1. The number of nitrogens with one attached hydrogen (secondary N) is 1. The van der Waals surface area contributed by atoms with Gasteiger partial charge in [-0.25, -0.2) is 4.98 Å². The first-order valence-corrected chi connectivity index (χ1v) is 7.73. The van der Waals surface area contributed by atoms with Crippen molar-refractivity contribution < 1.29 is 4.79 Å². The summed E-state index contributed by atoms with van der Waals surface area (Å²) >= 11 is 7.19. The average Bonchev–Trinajstić information content (AvgIpc) is 3.01. The lowest BCUT2D eigenvalue weighted by atomic mass is 9.92. The Labute approximate surface area is 117 Å². The lowest BCUT2D eigenvalue weighted by Crippen LogP contribution is -2.33. The highest BCUT2D eigenvalue weighted by Gasteiger charge is 2.45. The van der Waals surface area contributed by atoms with E-state index in [-0.39, 0.29) is 5.91 Å². The molecule has 0 aliphatic heterocycles. The molecule has 18 heavy (non-hydrogen) atoms. The molecule has 0 atom stereocenters. The second-order valence-corrected chi connectivity index (χ2v) is 6.55. The summed E-state index contributed by atoms with van der Waals surface area (Å²) < 4.78 is 0. The number of thiazole rings is 1. The van der Waals surface area contributed by atoms with Crippen molar-refractivity contribution in [1.82, 2.24) is 10.3 Å². The van der Waals surface area contributed by atoms with E-state index in [0.29, 0.717) is 23.6 Å². The van der Waals surface area contributed by atoms with Crippen molar-refractivity contribution in [1.29, 1.82) is 0 Å². The van der Waals surface area contributed by atoms with E-state index in [9.17, 15) is 4.79 Å². The number of carbonyl (C=O) groups excluding carboxylic acids is 1. The standard InChI is InChI=1S/C13H19ClN2OS/c1-9(2)13(3-4-13)8-15-11(17)5-12-16-10(6-14)7-18-12/h7,9H,3-6,8H2,1-2H3,(H,15,17). The number of carbonyl (C=O) groups is 1. The Balaban J connectivity index is 1.79. The highest BCUT2D eigenvalue weighted by Crippen LogP contribution is 2.51. The predicted molar refractivity (Wildman–Crippen MR) is 74.9 cm³/mol. The summed E-state index contributed by atoms with van der Waals surface area (Å²) in [5.41, 5.74) is 1.21. The molecule has 1 aliphatic carbocycles. The van der Waals surface area contributed by atoms with Crippen LogP contribution in [0.5, 0.6) is 0 Å². The van der Waals surface area contributed by atoms with Crippen molar-refractivity contribution in [3.63, 3.8) is 0 Å². The molecule has 100 valence electrons. The molecule has 5 heteroatoms. The Morgan fingerprint density at radius 3 is 2.83 bits per heavy atom. The van der Waals surface area contributed by atoms with Gasteiger partial charge in [-0.2, -0.15) is 0 Å². The van der Waals surface area contributed by atoms with Crippen LogP contribution in [0.1, 0.15) is 37.4 Å². The van der Waals surface area contributed by atoms with Crippen LogP contribution in [-0.2, 0) is 17.1 Å². The highest BCUT2D eigenvalue weighted by atomic mass is 35.5. The Bertz CT molecular complexity index is 426. The van der Waals surface area contributed by atoms with Crippen LogP contribution in [-0.4, -0.2) is 17.4 Å². The van der Waals surface area contributed by atoms with Crippen LogP contribution in [0.25, 0.3) is 0 Å². The fraction of sp³-hybridized carbons (Fsp3) is 0.692. The topological polar surface area (TPSA) is 42.0 Å². The van der Waals surface area contributed by atoms with Gasteiger partial charge in [0.15, 0.2) is 0 Å². The second-order valence-electron chi connectivity index (χ2n) is 5.34. The first-order chi connectivity index (χ1) is 8.55. The number of alkyl halides is 1. The zero-order valence-electron chi connectivity index (χ0n) is 10.8. The van der Waals surface area contributed by atoms with Crippen molar-refractivity contribution in [3.05, 3.63) is 16.1 Å². The van der Waals surface area contributed by atoms with Crippen LogP contribution in [0.2, 0.25) is 0 Å². The van der Waals surface area contributed by atoms with Gasteiger partial charge in [-0.15, -0.1) is 22.9 Å². The van der Waals surface area contributed by atoms with Crippen LogP contribution in [0.3, 0.4) is 0 Å². The van der Waals surface area contributed by atoms with E-state index < -0.39 is 0 Å². The van der Waals surface area contributed by atoms with Crippen molar-refractivity contribution in [2.45, 2.75) is 39.0 Å². The van der Waals surface area contributed by atoms with Gasteiger partial charge in [-0.05, 0) is 24.2 Å². The quantitative estimate of drug-likeness (QED) is 0.817. The minimum Gasteiger partial charge on any atom is -0.355 e. The number of rotatable bonds is 6. The molecule has 0 radical (unpaired) electrons. The summed E-state index contributed by atoms with van der Waals surface area (Å²) in [5.74, 6) is 1.12. The number of nitrogens with zero attached hydrogens (tertiary/aromatic N) is 1. The molecule has 0 saturated heterocycles. The summed E-state index contributed by atoms with van der Waals surface area (Å²) in [6.45, 7) is 5.26. The first-order valence-electron chi connectivity index (χ1n) is 6.32. The summed E-state index contributed by atoms with van der Waals surface area (Å²) in [5, 5.41) is 5.79. The molecule has 0 spiro atoms. The van der Waals surface area contributed by atoms with E-state index in [1.807, 2.05) is 5.38 Å². The lowest BCUT2D eigenvalue weighted by molar-refractivity contribution is -0.120. The van der Waals surface area contributed by atoms with Gasteiger partial charge in [-0.3, -0.25) is 4.79 Å². The molecular weight excluding hydrogens is 268 g/mol. The second kappa shape index (κ2) is 5.57. The van der Waals surface area contributed by atoms with Gasteiger partial charge >= 0.3 is 0 Å². The van der Waals surface area contributed by atoms with Gasteiger partial charge < -0.3 is 5.32 Å². The summed E-state index contributed by atoms with van der Waals surface area (Å²) in [6, 6.07) is 0. The molecule has 0 aromatic carbocycles.